The van der Waals surface area contributed by atoms with Crippen molar-refractivity contribution in [2.45, 2.75) is 32.7 Å². The van der Waals surface area contributed by atoms with Gasteiger partial charge in [0.15, 0.2) is 5.69 Å². The number of nitrogens with one attached hydrogen (secondary N) is 3. The Kier molecular flexibility index (Phi) is 6.74. The van der Waals surface area contributed by atoms with Crippen LogP contribution in [0.25, 0.3) is 10.8 Å². The number of nitrogens with zero attached hydrogens (tertiary/aromatic N) is 2. The molecule has 1 aromatic heterocycles. The Morgan fingerprint density at radius 3 is 2.40 bits per heavy atom. The van der Waals surface area contributed by atoms with Crippen LogP contribution in [0, 0.1) is 5.82 Å². The van der Waals surface area contributed by atoms with Crippen molar-refractivity contribution in [2.24, 2.45) is 0 Å². The van der Waals surface area contributed by atoms with Crippen molar-refractivity contribution in [3.05, 3.63) is 70.4 Å². The zero-order chi connectivity index (χ0) is 21.5. The molecule has 30 heavy (non-hydrogen) atoms. The first-order valence-electron chi connectivity index (χ1n) is 9.62. The van der Waals surface area contributed by atoms with Crippen LogP contribution in [0.3, 0.4) is 0 Å². The Labute approximate surface area is 172 Å². The average molecular weight is 411 g/mol. The van der Waals surface area contributed by atoms with Gasteiger partial charge in [0.1, 0.15) is 5.82 Å². The van der Waals surface area contributed by atoms with Gasteiger partial charge in [-0.2, -0.15) is 5.10 Å². The molecule has 3 rings (SSSR count). The van der Waals surface area contributed by atoms with Gasteiger partial charge in [-0.05, 0) is 36.8 Å². The number of unbranched alkanes of at least 4 members (excludes halogenated alkanes) is 2. The number of urea groups is 1. The molecule has 3 aromatic rings. The largest absolute Gasteiger partial charge is 0.337 e. The van der Waals surface area contributed by atoms with E-state index >= 15 is 0 Å². The Balaban J connectivity index is 1.76. The zero-order valence-corrected chi connectivity index (χ0v) is 16.4. The molecule has 3 amide bonds. The van der Waals surface area contributed by atoms with E-state index in [1.165, 1.54) is 28.9 Å². The molecule has 0 saturated carbocycles. The van der Waals surface area contributed by atoms with Crippen molar-refractivity contribution in [1.82, 2.24) is 20.6 Å². The van der Waals surface area contributed by atoms with E-state index in [0.717, 1.165) is 19.3 Å². The van der Waals surface area contributed by atoms with Crippen molar-refractivity contribution < 1.29 is 14.0 Å². The molecule has 0 unspecified atom stereocenters. The van der Waals surface area contributed by atoms with E-state index in [4.69, 9.17) is 0 Å². The number of rotatable bonds is 6. The minimum atomic E-state index is -0.712. The van der Waals surface area contributed by atoms with Gasteiger partial charge < -0.3 is 5.32 Å². The van der Waals surface area contributed by atoms with Gasteiger partial charge in [0.25, 0.3) is 11.5 Å². The van der Waals surface area contributed by atoms with E-state index in [9.17, 15) is 18.8 Å². The van der Waals surface area contributed by atoms with E-state index < -0.39 is 17.8 Å². The molecule has 3 N–H and O–H groups in total. The monoisotopic (exact) mass is 411 g/mol. The summed E-state index contributed by atoms with van der Waals surface area (Å²) in [5.41, 5.74) is 4.63. The number of hydrazine groups is 1. The summed E-state index contributed by atoms with van der Waals surface area (Å²) in [4.78, 5) is 37.3. The SMILES string of the molecule is CCCCCn1nc(C(=O)NNC(=O)Nc2ccc(F)cc2)c2ccccc2c1=O. The highest BCUT2D eigenvalue weighted by molar-refractivity contribution is 6.05. The van der Waals surface area contributed by atoms with Crippen molar-refractivity contribution in [1.29, 1.82) is 0 Å². The summed E-state index contributed by atoms with van der Waals surface area (Å²) in [6.45, 7) is 2.45. The molecule has 9 heteroatoms. The Morgan fingerprint density at radius 1 is 1.00 bits per heavy atom. The maximum absolute atomic E-state index is 12.9. The lowest BCUT2D eigenvalue weighted by molar-refractivity contribution is 0.0932. The fourth-order valence-electron chi connectivity index (χ4n) is 2.93. The van der Waals surface area contributed by atoms with Gasteiger partial charge in [-0.3, -0.25) is 15.0 Å². The quantitative estimate of drug-likeness (QED) is 0.428. The van der Waals surface area contributed by atoms with Gasteiger partial charge in [-0.1, -0.05) is 38.0 Å². The third kappa shape index (κ3) is 4.99. The second-order valence-corrected chi connectivity index (χ2v) is 6.67. The van der Waals surface area contributed by atoms with Gasteiger partial charge in [0.05, 0.1) is 5.39 Å². The smallest absolute Gasteiger partial charge is 0.307 e. The second-order valence-electron chi connectivity index (χ2n) is 6.67. The predicted octanol–water partition coefficient (Wildman–Crippen LogP) is 3.19. The molecule has 8 nitrogen and oxygen atoms in total. The topological polar surface area (TPSA) is 105 Å². The normalized spacial score (nSPS) is 10.6. The Hall–Kier alpha value is -3.75. The zero-order valence-electron chi connectivity index (χ0n) is 16.4. The van der Waals surface area contributed by atoms with Gasteiger partial charge in [0.2, 0.25) is 0 Å². The molecule has 2 aromatic carbocycles. The van der Waals surface area contributed by atoms with Gasteiger partial charge in [0, 0.05) is 17.6 Å². The number of aromatic nitrogens is 2. The molecular formula is C21H22FN5O3. The fourth-order valence-corrected chi connectivity index (χ4v) is 2.93. The highest BCUT2D eigenvalue weighted by Gasteiger charge is 2.17. The maximum Gasteiger partial charge on any atom is 0.337 e. The highest BCUT2D eigenvalue weighted by Crippen LogP contribution is 2.13. The van der Waals surface area contributed by atoms with E-state index in [2.05, 4.69) is 28.2 Å². The van der Waals surface area contributed by atoms with Crippen LogP contribution in [0.1, 0.15) is 36.7 Å². The summed E-state index contributed by atoms with van der Waals surface area (Å²) in [6.07, 6.45) is 2.69. The maximum atomic E-state index is 12.9. The Morgan fingerprint density at radius 2 is 1.70 bits per heavy atom. The molecule has 0 radical (unpaired) electrons. The predicted molar refractivity (Wildman–Crippen MR) is 112 cm³/mol. The van der Waals surface area contributed by atoms with Crippen LogP contribution in [0.4, 0.5) is 14.9 Å². The summed E-state index contributed by atoms with van der Waals surface area (Å²) in [5.74, 6) is -1.09. The van der Waals surface area contributed by atoms with Crippen LogP contribution in [-0.2, 0) is 6.54 Å². The van der Waals surface area contributed by atoms with Crippen LogP contribution in [0.2, 0.25) is 0 Å². The van der Waals surface area contributed by atoms with Gasteiger partial charge >= 0.3 is 6.03 Å². The second kappa shape index (κ2) is 9.64. The lowest BCUT2D eigenvalue weighted by atomic mass is 10.1. The summed E-state index contributed by atoms with van der Waals surface area (Å²) in [6, 6.07) is 11.2. The summed E-state index contributed by atoms with van der Waals surface area (Å²) < 4.78 is 14.2. The van der Waals surface area contributed by atoms with E-state index in [1.807, 2.05) is 0 Å². The molecule has 0 spiro atoms. The molecule has 156 valence electrons. The molecular weight excluding hydrogens is 389 g/mol. The van der Waals surface area contributed by atoms with Crippen LogP contribution < -0.4 is 21.7 Å². The number of aryl methyl sites for hydroxylation is 1. The van der Waals surface area contributed by atoms with E-state index in [-0.39, 0.29) is 11.3 Å². The van der Waals surface area contributed by atoms with Crippen LogP contribution >= 0.6 is 0 Å². The standard InChI is InChI=1S/C21H22FN5O3/c1-2-3-6-13-27-20(29)17-8-5-4-7-16(17)18(26-27)19(28)24-25-21(30)23-15-11-9-14(22)10-12-15/h4-5,7-12H,2-3,6,13H2,1H3,(H,24,28)(H2,23,25,30). The number of hydrogen-bond donors (Lipinski definition) is 3. The summed E-state index contributed by atoms with van der Waals surface area (Å²) in [5, 5.41) is 7.46. The number of carbonyl (C=O) groups is 2. The molecule has 0 aliphatic carbocycles. The highest BCUT2D eigenvalue weighted by atomic mass is 19.1. The lowest BCUT2D eigenvalue weighted by Gasteiger charge is -2.12. The molecule has 0 bridgehead atoms. The molecule has 0 fully saturated rings. The first kappa shape index (κ1) is 21.0. The van der Waals surface area contributed by atoms with Gasteiger partial charge in [-0.25, -0.2) is 19.3 Å². The van der Waals surface area contributed by atoms with Crippen molar-refractivity contribution in [3.8, 4) is 0 Å². The Bertz CT molecular complexity index is 1110. The minimum absolute atomic E-state index is 0.0313. The molecule has 0 atom stereocenters. The first-order valence-corrected chi connectivity index (χ1v) is 9.62. The number of hydrogen-bond acceptors (Lipinski definition) is 4. The van der Waals surface area contributed by atoms with Gasteiger partial charge in [-0.15, -0.1) is 0 Å². The number of fused-ring (bicyclic) bond motifs is 1. The fraction of sp³-hybridized carbons (Fsp3) is 0.238. The third-order valence-corrected chi connectivity index (χ3v) is 4.45. The number of carbonyl (C=O) groups excluding carboxylic acids is 2. The molecule has 0 aliphatic heterocycles. The number of halogens is 1. The lowest BCUT2D eigenvalue weighted by Crippen LogP contribution is -2.44. The minimum Gasteiger partial charge on any atom is -0.307 e. The van der Waals surface area contributed by atoms with Crippen molar-refractivity contribution in [2.75, 3.05) is 5.32 Å². The number of anilines is 1. The van der Waals surface area contributed by atoms with Crippen LogP contribution in [-0.4, -0.2) is 21.7 Å². The average Bonchev–Trinajstić information content (AvgIpc) is 2.75. The van der Waals surface area contributed by atoms with Crippen molar-refractivity contribution in [3.63, 3.8) is 0 Å². The summed E-state index contributed by atoms with van der Waals surface area (Å²) >= 11 is 0. The number of benzene rings is 2. The van der Waals surface area contributed by atoms with E-state index in [0.29, 0.717) is 23.0 Å². The van der Waals surface area contributed by atoms with Crippen LogP contribution in [0.5, 0.6) is 0 Å². The molecule has 0 saturated heterocycles. The first-order chi connectivity index (χ1) is 14.5. The molecule has 0 aliphatic rings. The summed E-state index contributed by atoms with van der Waals surface area (Å²) in [7, 11) is 0. The van der Waals surface area contributed by atoms with Crippen LogP contribution in [0.15, 0.2) is 53.3 Å². The third-order valence-electron chi connectivity index (χ3n) is 4.45. The molecule has 1 heterocycles. The van der Waals surface area contributed by atoms with Crippen molar-refractivity contribution >= 4 is 28.4 Å². The number of amides is 3. The van der Waals surface area contributed by atoms with E-state index in [1.54, 1.807) is 24.3 Å².